The molecule has 0 saturated carbocycles. The van der Waals surface area contributed by atoms with E-state index in [2.05, 4.69) is 0 Å². The summed E-state index contributed by atoms with van der Waals surface area (Å²) in [5, 5.41) is 0. The smallest absolute Gasteiger partial charge is 0.309 e. The lowest BCUT2D eigenvalue weighted by Crippen LogP contribution is -2.01. The van der Waals surface area contributed by atoms with Crippen LogP contribution in [0.1, 0.15) is 30.0 Å². The fourth-order valence-electron chi connectivity index (χ4n) is 1.76. The summed E-state index contributed by atoms with van der Waals surface area (Å²) >= 11 is 0. The number of rotatable bonds is 4. The summed E-state index contributed by atoms with van der Waals surface area (Å²) in [4.78, 5) is 11.2. The zero-order chi connectivity index (χ0) is 12.8. The van der Waals surface area contributed by atoms with Crippen LogP contribution >= 0.6 is 0 Å². The Labute approximate surface area is 102 Å². The van der Waals surface area contributed by atoms with Crippen LogP contribution in [0.4, 0.5) is 5.69 Å². The first-order valence-corrected chi connectivity index (χ1v) is 5.73. The van der Waals surface area contributed by atoms with Crippen LogP contribution in [0.2, 0.25) is 0 Å². The molecule has 0 saturated heterocycles. The lowest BCUT2D eigenvalue weighted by Gasteiger charge is -2.06. The van der Waals surface area contributed by atoms with E-state index in [9.17, 15) is 4.79 Å². The van der Waals surface area contributed by atoms with Crippen molar-refractivity contribution in [2.24, 2.45) is 0 Å². The highest BCUT2D eigenvalue weighted by atomic mass is 16.5. The van der Waals surface area contributed by atoms with Crippen molar-refractivity contribution in [3.63, 3.8) is 0 Å². The molecule has 0 spiro atoms. The van der Waals surface area contributed by atoms with Crippen molar-refractivity contribution in [3.8, 4) is 0 Å². The van der Waals surface area contributed by atoms with Gasteiger partial charge in [0, 0.05) is 5.69 Å². The number of hydrogen-bond donors (Lipinski definition) is 1. The first-order chi connectivity index (χ1) is 8.04. The van der Waals surface area contributed by atoms with Gasteiger partial charge in [-0.15, -0.1) is 0 Å². The van der Waals surface area contributed by atoms with Gasteiger partial charge in [0.05, 0.1) is 13.0 Å². The molecule has 2 N–H and O–H groups in total. The molecule has 17 heavy (non-hydrogen) atoms. The van der Waals surface area contributed by atoms with Gasteiger partial charge >= 0.3 is 5.97 Å². The van der Waals surface area contributed by atoms with Gasteiger partial charge in [0.2, 0.25) is 0 Å². The molecule has 0 radical (unpaired) electrons. The van der Waals surface area contributed by atoms with E-state index in [1.807, 2.05) is 38.1 Å². The monoisotopic (exact) mass is 233 g/mol. The first-order valence-electron chi connectivity index (χ1n) is 5.73. The second kappa shape index (κ2) is 6.09. The first kappa shape index (κ1) is 13.3. The van der Waals surface area contributed by atoms with Crippen LogP contribution in [0.3, 0.4) is 0 Å². The summed E-state index contributed by atoms with van der Waals surface area (Å²) in [5.41, 5.74) is 9.85. The Morgan fingerprint density at radius 3 is 2.47 bits per heavy atom. The number of carbonyl (C=O) groups excluding carboxylic acids is 1. The highest BCUT2D eigenvalue weighted by Gasteiger charge is 2.01. The Balaban J connectivity index is 2.75. The Hall–Kier alpha value is -1.77. The SMILES string of the molecule is CCOC(=O)CC=Cc1c(C)cc(N)cc1C. The predicted octanol–water partition coefficient (Wildman–Crippen LogP) is 2.85. The second-order valence-electron chi connectivity index (χ2n) is 3.98. The molecule has 0 aromatic heterocycles. The highest BCUT2D eigenvalue weighted by molar-refractivity contribution is 5.73. The molecule has 0 unspecified atom stereocenters. The average Bonchev–Trinajstić information content (AvgIpc) is 2.22. The molecule has 0 aliphatic carbocycles. The topological polar surface area (TPSA) is 52.3 Å². The summed E-state index contributed by atoms with van der Waals surface area (Å²) in [6.07, 6.45) is 4.07. The normalized spacial score (nSPS) is 10.8. The largest absolute Gasteiger partial charge is 0.466 e. The molecular weight excluding hydrogens is 214 g/mol. The molecule has 3 heteroatoms. The summed E-state index contributed by atoms with van der Waals surface area (Å²) in [6, 6.07) is 3.86. The van der Waals surface area contributed by atoms with E-state index < -0.39 is 0 Å². The minimum absolute atomic E-state index is 0.200. The zero-order valence-electron chi connectivity index (χ0n) is 10.6. The van der Waals surface area contributed by atoms with Crippen LogP contribution in [0, 0.1) is 13.8 Å². The van der Waals surface area contributed by atoms with Crippen LogP contribution < -0.4 is 5.73 Å². The van der Waals surface area contributed by atoms with Crippen LogP contribution in [0.5, 0.6) is 0 Å². The van der Waals surface area contributed by atoms with Crippen LogP contribution in [0.15, 0.2) is 18.2 Å². The molecule has 0 fully saturated rings. The number of nitrogens with two attached hydrogens (primary N) is 1. The molecular formula is C14H19NO2. The third-order valence-electron chi connectivity index (χ3n) is 2.49. The maximum Gasteiger partial charge on any atom is 0.309 e. The maximum absolute atomic E-state index is 11.2. The summed E-state index contributed by atoms with van der Waals surface area (Å²) < 4.78 is 4.85. The Kier molecular flexibility index (Phi) is 4.76. The van der Waals surface area contributed by atoms with E-state index in [1.165, 1.54) is 0 Å². The quantitative estimate of drug-likeness (QED) is 0.642. The molecule has 0 aliphatic heterocycles. The van der Waals surface area contributed by atoms with Gasteiger partial charge in [-0.2, -0.15) is 0 Å². The minimum Gasteiger partial charge on any atom is -0.466 e. The predicted molar refractivity (Wildman–Crippen MR) is 70.6 cm³/mol. The number of carbonyl (C=O) groups is 1. The fourth-order valence-corrected chi connectivity index (χ4v) is 1.76. The van der Waals surface area contributed by atoms with Gasteiger partial charge in [-0.1, -0.05) is 12.2 Å². The number of anilines is 1. The van der Waals surface area contributed by atoms with Crippen molar-refractivity contribution in [2.45, 2.75) is 27.2 Å². The number of ether oxygens (including phenoxy) is 1. The molecule has 0 amide bonds. The second-order valence-corrected chi connectivity index (χ2v) is 3.98. The number of hydrogen-bond acceptors (Lipinski definition) is 3. The van der Waals surface area contributed by atoms with Crippen molar-refractivity contribution in [3.05, 3.63) is 34.9 Å². The van der Waals surface area contributed by atoms with E-state index in [-0.39, 0.29) is 5.97 Å². The van der Waals surface area contributed by atoms with Gasteiger partial charge in [0.25, 0.3) is 0 Å². The maximum atomic E-state index is 11.2. The summed E-state index contributed by atoms with van der Waals surface area (Å²) in [6.45, 7) is 6.24. The molecule has 92 valence electrons. The van der Waals surface area contributed by atoms with Crippen molar-refractivity contribution >= 4 is 17.7 Å². The summed E-state index contributed by atoms with van der Waals surface area (Å²) in [5.74, 6) is -0.200. The average molecular weight is 233 g/mol. The Morgan fingerprint density at radius 2 is 1.94 bits per heavy atom. The van der Waals surface area contributed by atoms with Gasteiger partial charge in [-0.25, -0.2) is 0 Å². The van der Waals surface area contributed by atoms with Crippen LogP contribution in [-0.2, 0) is 9.53 Å². The fraction of sp³-hybridized carbons (Fsp3) is 0.357. The number of nitrogen functional groups attached to an aromatic ring is 1. The van der Waals surface area contributed by atoms with Gasteiger partial charge in [0.1, 0.15) is 0 Å². The van der Waals surface area contributed by atoms with E-state index in [0.29, 0.717) is 13.0 Å². The van der Waals surface area contributed by atoms with Gasteiger partial charge in [0.15, 0.2) is 0 Å². The van der Waals surface area contributed by atoms with E-state index in [0.717, 1.165) is 22.4 Å². The third-order valence-corrected chi connectivity index (χ3v) is 2.49. The van der Waals surface area contributed by atoms with Gasteiger partial charge in [-0.05, 0) is 49.6 Å². The molecule has 1 aromatic carbocycles. The number of aryl methyl sites for hydroxylation is 2. The molecule has 3 nitrogen and oxygen atoms in total. The molecule has 0 bridgehead atoms. The van der Waals surface area contributed by atoms with Gasteiger partial charge in [-0.3, -0.25) is 4.79 Å². The van der Waals surface area contributed by atoms with Crippen LogP contribution in [0.25, 0.3) is 6.08 Å². The van der Waals surface area contributed by atoms with Crippen molar-refractivity contribution < 1.29 is 9.53 Å². The lowest BCUT2D eigenvalue weighted by molar-refractivity contribution is -0.142. The van der Waals surface area contributed by atoms with E-state index in [1.54, 1.807) is 6.92 Å². The zero-order valence-corrected chi connectivity index (χ0v) is 10.6. The van der Waals surface area contributed by atoms with E-state index >= 15 is 0 Å². The van der Waals surface area contributed by atoms with Crippen LogP contribution in [-0.4, -0.2) is 12.6 Å². The Morgan fingerprint density at radius 1 is 1.35 bits per heavy atom. The molecule has 0 aliphatic rings. The molecule has 1 rings (SSSR count). The van der Waals surface area contributed by atoms with Crippen molar-refractivity contribution in [2.75, 3.05) is 12.3 Å². The van der Waals surface area contributed by atoms with Crippen molar-refractivity contribution in [1.82, 2.24) is 0 Å². The highest BCUT2D eigenvalue weighted by Crippen LogP contribution is 2.19. The third kappa shape index (κ3) is 3.94. The molecule has 1 aromatic rings. The number of esters is 1. The van der Waals surface area contributed by atoms with E-state index in [4.69, 9.17) is 10.5 Å². The number of benzene rings is 1. The summed E-state index contributed by atoms with van der Waals surface area (Å²) in [7, 11) is 0. The standard InChI is InChI=1S/C14H19NO2/c1-4-17-14(16)7-5-6-13-10(2)8-12(15)9-11(13)3/h5-6,8-9H,4,7,15H2,1-3H3. The minimum atomic E-state index is -0.200. The molecule has 0 heterocycles. The lowest BCUT2D eigenvalue weighted by atomic mass is 10.0. The Bertz CT molecular complexity index is 413. The van der Waals surface area contributed by atoms with Gasteiger partial charge < -0.3 is 10.5 Å². The van der Waals surface area contributed by atoms with Crippen molar-refractivity contribution in [1.29, 1.82) is 0 Å². The molecule has 0 atom stereocenters.